The quantitative estimate of drug-likeness (QED) is 0.748. The lowest BCUT2D eigenvalue weighted by Gasteiger charge is -2.20. The van der Waals surface area contributed by atoms with Gasteiger partial charge in [-0.15, -0.1) is 11.3 Å². The van der Waals surface area contributed by atoms with E-state index < -0.39 is 5.60 Å². The Balaban J connectivity index is 1.67. The first-order valence-electron chi connectivity index (χ1n) is 5.59. The Morgan fingerprint density at radius 1 is 1.69 bits per heavy atom. The largest absolute Gasteiger partial charge is 0.386 e. The summed E-state index contributed by atoms with van der Waals surface area (Å²) < 4.78 is 5.18. The van der Waals surface area contributed by atoms with Crippen LogP contribution >= 0.6 is 11.3 Å². The molecule has 2 heterocycles. The molecule has 0 aliphatic carbocycles. The van der Waals surface area contributed by atoms with Crippen molar-refractivity contribution in [2.75, 3.05) is 26.3 Å². The van der Waals surface area contributed by atoms with Crippen LogP contribution in [-0.4, -0.2) is 42.0 Å². The maximum atomic E-state index is 10.0. The summed E-state index contributed by atoms with van der Waals surface area (Å²) in [5.41, 5.74) is 2.35. The van der Waals surface area contributed by atoms with Crippen LogP contribution in [0.4, 0.5) is 0 Å². The van der Waals surface area contributed by atoms with Crippen molar-refractivity contribution in [2.45, 2.75) is 25.4 Å². The average Bonchev–Trinajstić information content (AvgIpc) is 2.84. The molecule has 16 heavy (non-hydrogen) atoms. The van der Waals surface area contributed by atoms with Gasteiger partial charge in [-0.2, -0.15) is 0 Å². The van der Waals surface area contributed by atoms with E-state index in [0.29, 0.717) is 19.8 Å². The molecular weight excluding hydrogens is 224 g/mol. The van der Waals surface area contributed by atoms with Crippen LogP contribution in [0.3, 0.4) is 0 Å². The summed E-state index contributed by atoms with van der Waals surface area (Å²) in [6.45, 7) is 4.66. The molecule has 0 amide bonds. The molecule has 1 saturated heterocycles. The SMILES string of the molecule is Cc1ncsc1CCNCC1(O)CCOC1. The van der Waals surface area contributed by atoms with E-state index in [9.17, 15) is 5.11 Å². The van der Waals surface area contributed by atoms with Crippen LogP contribution in [0.15, 0.2) is 5.51 Å². The average molecular weight is 242 g/mol. The van der Waals surface area contributed by atoms with Gasteiger partial charge in [0.2, 0.25) is 0 Å². The molecule has 0 aromatic carbocycles. The number of aromatic nitrogens is 1. The maximum Gasteiger partial charge on any atom is 0.102 e. The fourth-order valence-electron chi connectivity index (χ4n) is 1.83. The molecule has 4 nitrogen and oxygen atoms in total. The summed E-state index contributed by atoms with van der Waals surface area (Å²) >= 11 is 1.69. The smallest absolute Gasteiger partial charge is 0.102 e. The van der Waals surface area contributed by atoms with Crippen molar-refractivity contribution < 1.29 is 9.84 Å². The maximum absolute atomic E-state index is 10.0. The Morgan fingerprint density at radius 2 is 2.56 bits per heavy atom. The van der Waals surface area contributed by atoms with Crippen LogP contribution in [0.1, 0.15) is 17.0 Å². The summed E-state index contributed by atoms with van der Waals surface area (Å²) in [6.07, 6.45) is 1.72. The van der Waals surface area contributed by atoms with Gasteiger partial charge in [-0.25, -0.2) is 4.98 Å². The standard InChI is InChI=1S/C11H18N2O2S/c1-9-10(16-8-13-9)2-4-12-6-11(14)3-5-15-7-11/h8,12,14H,2-7H2,1H3. The minimum absolute atomic E-state index is 0.458. The van der Waals surface area contributed by atoms with Gasteiger partial charge in [-0.1, -0.05) is 0 Å². The second-order valence-corrected chi connectivity index (χ2v) is 5.25. The number of aryl methyl sites for hydroxylation is 1. The number of aliphatic hydroxyl groups is 1. The van der Waals surface area contributed by atoms with Crippen molar-refractivity contribution in [1.29, 1.82) is 0 Å². The second kappa shape index (κ2) is 5.23. The molecule has 1 aromatic heterocycles. The molecule has 0 bridgehead atoms. The Morgan fingerprint density at radius 3 is 3.19 bits per heavy atom. The summed E-state index contributed by atoms with van der Waals surface area (Å²) in [5, 5.41) is 13.3. The first kappa shape index (κ1) is 12.0. The number of hydrogen-bond donors (Lipinski definition) is 2. The van der Waals surface area contributed by atoms with Gasteiger partial charge in [0.25, 0.3) is 0 Å². The van der Waals surface area contributed by atoms with E-state index in [1.54, 1.807) is 11.3 Å². The van der Waals surface area contributed by atoms with E-state index in [4.69, 9.17) is 4.74 Å². The highest BCUT2D eigenvalue weighted by molar-refractivity contribution is 7.09. The van der Waals surface area contributed by atoms with E-state index in [-0.39, 0.29) is 0 Å². The van der Waals surface area contributed by atoms with Crippen LogP contribution in [0.2, 0.25) is 0 Å². The topological polar surface area (TPSA) is 54.4 Å². The molecule has 1 fully saturated rings. The molecule has 1 unspecified atom stereocenters. The minimum Gasteiger partial charge on any atom is -0.386 e. The number of thiazole rings is 1. The normalized spacial score (nSPS) is 25.1. The molecule has 0 spiro atoms. The van der Waals surface area contributed by atoms with Crippen molar-refractivity contribution >= 4 is 11.3 Å². The fourth-order valence-corrected chi connectivity index (χ4v) is 2.61. The van der Waals surface area contributed by atoms with E-state index in [1.165, 1.54) is 4.88 Å². The van der Waals surface area contributed by atoms with Crippen molar-refractivity contribution in [2.24, 2.45) is 0 Å². The van der Waals surface area contributed by atoms with Gasteiger partial charge in [-0.05, 0) is 13.3 Å². The lowest BCUT2D eigenvalue weighted by atomic mass is 10.0. The van der Waals surface area contributed by atoms with Gasteiger partial charge in [0.05, 0.1) is 17.8 Å². The van der Waals surface area contributed by atoms with Crippen molar-refractivity contribution in [3.05, 3.63) is 16.1 Å². The van der Waals surface area contributed by atoms with Crippen LogP contribution in [0.25, 0.3) is 0 Å². The van der Waals surface area contributed by atoms with E-state index in [1.807, 2.05) is 12.4 Å². The highest BCUT2D eigenvalue weighted by atomic mass is 32.1. The Labute approximate surface area is 99.7 Å². The molecule has 1 aromatic rings. The molecule has 2 rings (SSSR count). The predicted molar refractivity (Wildman–Crippen MR) is 63.8 cm³/mol. The number of hydrogen-bond acceptors (Lipinski definition) is 5. The molecule has 1 aliphatic heterocycles. The third kappa shape index (κ3) is 3.01. The number of rotatable bonds is 5. The number of nitrogens with one attached hydrogen (secondary N) is 1. The van der Waals surface area contributed by atoms with Crippen LogP contribution in [0.5, 0.6) is 0 Å². The fraction of sp³-hybridized carbons (Fsp3) is 0.727. The third-order valence-corrected chi connectivity index (χ3v) is 3.91. The van der Waals surface area contributed by atoms with Gasteiger partial charge in [-0.3, -0.25) is 0 Å². The van der Waals surface area contributed by atoms with Gasteiger partial charge in [0.1, 0.15) is 5.60 Å². The van der Waals surface area contributed by atoms with Crippen molar-refractivity contribution in [1.82, 2.24) is 10.3 Å². The zero-order valence-corrected chi connectivity index (χ0v) is 10.3. The van der Waals surface area contributed by atoms with E-state index >= 15 is 0 Å². The van der Waals surface area contributed by atoms with E-state index in [2.05, 4.69) is 10.3 Å². The van der Waals surface area contributed by atoms with Crippen LogP contribution in [-0.2, 0) is 11.2 Å². The highest BCUT2D eigenvalue weighted by Crippen LogP contribution is 2.17. The Hall–Kier alpha value is -0.490. The lowest BCUT2D eigenvalue weighted by molar-refractivity contribution is 0.0273. The Bertz CT molecular complexity index is 334. The first-order valence-corrected chi connectivity index (χ1v) is 6.47. The summed E-state index contributed by atoms with van der Waals surface area (Å²) in [7, 11) is 0. The van der Waals surface area contributed by atoms with Gasteiger partial charge >= 0.3 is 0 Å². The van der Waals surface area contributed by atoms with Crippen LogP contribution in [0, 0.1) is 6.92 Å². The lowest BCUT2D eigenvalue weighted by Crippen LogP contribution is -2.41. The summed E-state index contributed by atoms with van der Waals surface area (Å²) in [5.74, 6) is 0. The molecule has 0 saturated carbocycles. The molecule has 1 aliphatic rings. The summed E-state index contributed by atoms with van der Waals surface area (Å²) in [6, 6.07) is 0. The third-order valence-electron chi connectivity index (χ3n) is 2.91. The molecule has 2 N–H and O–H groups in total. The first-order chi connectivity index (χ1) is 7.70. The monoisotopic (exact) mass is 242 g/mol. The zero-order chi connectivity index (χ0) is 11.4. The van der Waals surface area contributed by atoms with Crippen LogP contribution < -0.4 is 5.32 Å². The van der Waals surface area contributed by atoms with E-state index in [0.717, 1.165) is 25.1 Å². The molecule has 1 atom stereocenters. The summed E-state index contributed by atoms with van der Waals surface area (Å²) in [4.78, 5) is 5.53. The second-order valence-electron chi connectivity index (χ2n) is 4.31. The highest BCUT2D eigenvalue weighted by Gasteiger charge is 2.31. The predicted octanol–water partition coefficient (Wildman–Crippen LogP) is 0.735. The zero-order valence-electron chi connectivity index (χ0n) is 9.53. The number of ether oxygens (including phenoxy) is 1. The Kier molecular flexibility index (Phi) is 3.91. The molecule has 90 valence electrons. The van der Waals surface area contributed by atoms with Crippen molar-refractivity contribution in [3.8, 4) is 0 Å². The molecular formula is C11H18N2O2S. The van der Waals surface area contributed by atoms with Gasteiger partial charge < -0.3 is 15.2 Å². The van der Waals surface area contributed by atoms with Crippen molar-refractivity contribution in [3.63, 3.8) is 0 Å². The minimum atomic E-state index is -0.650. The molecule has 5 heteroatoms. The van der Waals surface area contributed by atoms with Gasteiger partial charge in [0.15, 0.2) is 0 Å². The van der Waals surface area contributed by atoms with Gasteiger partial charge in [0, 0.05) is 31.0 Å². The molecule has 0 radical (unpaired) electrons. The number of nitrogens with zero attached hydrogens (tertiary/aromatic N) is 1.